The van der Waals surface area contributed by atoms with Crippen LogP contribution in [-0.2, 0) is 4.79 Å². The highest BCUT2D eigenvalue weighted by atomic mass is 79.9. The fourth-order valence-corrected chi connectivity index (χ4v) is 2.67. The average molecular weight is 324 g/mol. The van der Waals surface area contributed by atoms with Gasteiger partial charge in [-0.2, -0.15) is 0 Å². The van der Waals surface area contributed by atoms with Gasteiger partial charge in [-0.1, -0.05) is 34.1 Å². The van der Waals surface area contributed by atoms with Gasteiger partial charge >= 0.3 is 0 Å². The van der Waals surface area contributed by atoms with Gasteiger partial charge in [0.15, 0.2) is 0 Å². The van der Waals surface area contributed by atoms with Crippen molar-refractivity contribution in [1.29, 1.82) is 0 Å². The van der Waals surface area contributed by atoms with E-state index in [1.807, 2.05) is 30.3 Å². The van der Waals surface area contributed by atoms with Gasteiger partial charge in [-0.05, 0) is 31.1 Å². The summed E-state index contributed by atoms with van der Waals surface area (Å²) >= 11 is 3.45. The summed E-state index contributed by atoms with van der Waals surface area (Å²) in [5, 5.41) is 9.53. The number of amides is 1. The second-order valence-electron chi connectivity index (χ2n) is 4.93. The molecule has 1 amide bonds. The summed E-state index contributed by atoms with van der Waals surface area (Å²) in [6.45, 7) is 3.17. The zero-order valence-electron chi connectivity index (χ0n) is 10.9. The molecular weight excluding hydrogens is 306 g/mol. The molecule has 19 heavy (non-hydrogen) atoms. The number of hydrogen-bond donors (Lipinski definition) is 1. The molecule has 1 saturated heterocycles. The molecule has 1 N–H and O–H groups in total. The van der Waals surface area contributed by atoms with Gasteiger partial charge in [-0.25, -0.2) is 0 Å². The normalized spacial score (nSPS) is 21.0. The number of halogens is 1. The molecule has 0 bridgehead atoms. The van der Waals surface area contributed by atoms with E-state index in [9.17, 15) is 9.90 Å². The predicted octanol–water partition coefficient (Wildman–Crippen LogP) is 2.69. The quantitative estimate of drug-likeness (QED) is 0.869. The summed E-state index contributed by atoms with van der Waals surface area (Å²) in [5.41, 5.74) is 0.988. The molecule has 1 fully saturated rings. The summed E-state index contributed by atoms with van der Waals surface area (Å²) in [5.74, 6) is 0.222. The average Bonchev–Trinajstić information content (AvgIpc) is 2.87. The Morgan fingerprint density at radius 1 is 1.53 bits per heavy atom. The minimum Gasteiger partial charge on any atom is -0.393 e. The lowest BCUT2D eigenvalue weighted by atomic mass is 10.0. The van der Waals surface area contributed by atoms with E-state index in [2.05, 4.69) is 15.9 Å². The van der Waals surface area contributed by atoms with Crippen molar-refractivity contribution in [3.63, 3.8) is 0 Å². The summed E-state index contributed by atoms with van der Waals surface area (Å²) in [6.07, 6.45) is 3.96. The first-order chi connectivity index (χ1) is 9.08. The van der Waals surface area contributed by atoms with Crippen LogP contribution in [0.5, 0.6) is 0 Å². The zero-order chi connectivity index (χ0) is 13.8. The first-order valence-electron chi connectivity index (χ1n) is 6.47. The Labute approximate surface area is 122 Å². The van der Waals surface area contributed by atoms with Crippen molar-refractivity contribution in [1.82, 2.24) is 4.90 Å². The van der Waals surface area contributed by atoms with Gasteiger partial charge in [-0.15, -0.1) is 0 Å². The van der Waals surface area contributed by atoms with E-state index in [1.54, 1.807) is 17.9 Å². The molecule has 0 aromatic heterocycles. The number of aliphatic hydroxyl groups is 1. The van der Waals surface area contributed by atoms with E-state index in [1.165, 1.54) is 0 Å². The number of carbonyl (C=O) groups is 1. The van der Waals surface area contributed by atoms with Gasteiger partial charge in [0.25, 0.3) is 0 Å². The smallest absolute Gasteiger partial charge is 0.246 e. The number of carbonyl (C=O) groups excluding carboxylic acids is 1. The summed E-state index contributed by atoms with van der Waals surface area (Å²) < 4.78 is 0.974. The van der Waals surface area contributed by atoms with Crippen molar-refractivity contribution in [3.05, 3.63) is 40.4 Å². The Kier molecular flexibility index (Phi) is 4.77. The predicted molar refractivity (Wildman–Crippen MR) is 79.5 cm³/mol. The van der Waals surface area contributed by atoms with Gasteiger partial charge in [0.2, 0.25) is 5.91 Å². The van der Waals surface area contributed by atoms with Crippen molar-refractivity contribution < 1.29 is 9.90 Å². The highest BCUT2D eigenvalue weighted by Gasteiger charge is 2.27. The van der Waals surface area contributed by atoms with Crippen LogP contribution in [0.25, 0.3) is 6.08 Å². The van der Waals surface area contributed by atoms with Crippen molar-refractivity contribution in [2.45, 2.75) is 19.4 Å². The van der Waals surface area contributed by atoms with E-state index in [0.717, 1.165) is 23.0 Å². The van der Waals surface area contributed by atoms with Crippen LogP contribution in [0.3, 0.4) is 0 Å². The molecule has 2 atom stereocenters. The third-order valence-corrected chi connectivity index (χ3v) is 4.25. The molecule has 1 aromatic carbocycles. The summed E-state index contributed by atoms with van der Waals surface area (Å²) in [7, 11) is 0. The summed E-state index contributed by atoms with van der Waals surface area (Å²) in [4.78, 5) is 13.8. The number of rotatable bonds is 3. The molecule has 0 radical (unpaired) electrons. The van der Waals surface area contributed by atoms with E-state index in [0.29, 0.717) is 6.54 Å². The van der Waals surface area contributed by atoms with E-state index in [4.69, 9.17) is 0 Å². The molecule has 0 spiro atoms. The first-order valence-corrected chi connectivity index (χ1v) is 7.27. The Balaban J connectivity index is 1.97. The van der Waals surface area contributed by atoms with E-state index >= 15 is 0 Å². The monoisotopic (exact) mass is 323 g/mol. The third-order valence-electron chi connectivity index (χ3n) is 3.53. The van der Waals surface area contributed by atoms with Crippen LogP contribution >= 0.6 is 15.9 Å². The number of likely N-dealkylation sites (tertiary alicyclic amines) is 1. The highest BCUT2D eigenvalue weighted by Crippen LogP contribution is 2.21. The van der Waals surface area contributed by atoms with Crippen LogP contribution in [-0.4, -0.2) is 35.1 Å². The first kappa shape index (κ1) is 14.3. The van der Waals surface area contributed by atoms with E-state index in [-0.39, 0.29) is 17.9 Å². The molecule has 102 valence electrons. The minimum atomic E-state index is -0.343. The molecule has 1 aliphatic heterocycles. The lowest BCUT2D eigenvalue weighted by molar-refractivity contribution is -0.125. The lowest BCUT2D eigenvalue weighted by Crippen LogP contribution is -2.28. The van der Waals surface area contributed by atoms with Gasteiger partial charge in [0.1, 0.15) is 0 Å². The molecule has 0 saturated carbocycles. The maximum absolute atomic E-state index is 12.0. The molecule has 0 aliphatic carbocycles. The van der Waals surface area contributed by atoms with Crippen molar-refractivity contribution >= 4 is 27.9 Å². The van der Waals surface area contributed by atoms with Gasteiger partial charge in [0.05, 0.1) is 6.10 Å². The van der Waals surface area contributed by atoms with Crippen LogP contribution in [0.15, 0.2) is 34.8 Å². The van der Waals surface area contributed by atoms with Crippen LogP contribution in [0, 0.1) is 5.92 Å². The third kappa shape index (κ3) is 3.67. The molecular formula is C15H18BrNO2. The SMILES string of the molecule is CC(O)C1CCN(C(=O)/C=C/c2ccccc2Br)C1. The van der Waals surface area contributed by atoms with Crippen LogP contribution < -0.4 is 0 Å². The summed E-state index contributed by atoms with van der Waals surface area (Å²) in [6, 6.07) is 7.78. The standard InChI is InChI=1S/C15H18BrNO2/c1-11(18)13-8-9-17(10-13)15(19)7-6-12-4-2-3-5-14(12)16/h2-7,11,13,18H,8-10H2,1H3/b7-6+. The number of nitrogens with zero attached hydrogens (tertiary/aromatic N) is 1. The van der Waals surface area contributed by atoms with Crippen molar-refractivity contribution in [2.24, 2.45) is 5.92 Å². The molecule has 4 heteroatoms. The van der Waals surface area contributed by atoms with Crippen molar-refractivity contribution in [3.8, 4) is 0 Å². The molecule has 1 heterocycles. The molecule has 1 aliphatic rings. The Bertz CT molecular complexity index is 485. The Hall–Kier alpha value is -1.13. The molecule has 2 rings (SSSR count). The van der Waals surface area contributed by atoms with Gasteiger partial charge in [-0.3, -0.25) is 4.79 Å². The topological polar surface area (TPSA) is 40.5 Å². The highest BCUT2D eigenvalue weighted by molar-refractivity contribution is 9.10. The molecule has 2 unspecified atom stereocenters. The fourth-order valence-electron chi connectivity index (χ4n) is 2.26. The zero-order valence-corrected chi connectivity index (χ0v) is 12.5. The minimum absolute atomic E-state index is 0.0129. The van der Waals surface area contributed by atoms with Crippen LogP contribution in [0.1, 0.15) is 18.9 Å². The molecule has 1 aromatic rings. The Morgan fingerprint density at radius 3 is 2.89 bits per heavy atom. The maximum Gasteiger partial charge on any atom is 0.246 e. The Morgan fingerprint density at radius 2 is 2.26 bits per heavy atom. The van der Waals surface area contributed by atoms with Crippen LogP contribution in [0.2, 0.25) is 0 Å². The van der Waals surface area contributed by atoms with Crippen molar-refractivity contribution in [2.75, 3.05) is 13.1 Å². The number of aliphatic hydroxyl groups excluding tert-OH is 1. The lowest BCUT2D eigenvalue weighted by Gasteiger charge is -2.15. The molecule has 3 nitrogen and oxygen atoms in total. The largest absolute Gasteiger partial charge is 0.393 e. The van der Waals surface area contributed by atoms with Gasteiger partial charge in [0, 0.05) is 29.6 Å². The number of benzene rings is 1. The number of hydrogen-bond acceptors (Lipinski definition) is 2. The second-order valence-corrected chi connectivity index (χ2v) is 5.78. The van der Waals surface area contributed by atoms with E-state index < -0.39 is 0 Å². The fraction of sp³-hybridized carbons (Fsp3) is 0.400. The second kappa shape index (κ2) is 6.35. The van der Waals surface area contributed by atoms with Gasteiger partial charge < -0.3 is 10.0 Å². The maximum atomic E-state index is 12.0. The van der Waals surface area contributed by atoms with Crippen LogP contribution in [0.4, 0.5) is 0 Å².